The molecular formula is C52H99NO8. The zero-order valence-electron chi connectivity index (χ0n) is 40.8. The highest BCUT2D eigenvalue weighted by Crippen LogP contribution is 2.16. The highest BCUT2D eigenvalue weighted by Gasteiger charge is 2.22. The van der Waals surface area contributed by atoms with Gasteiger partial charge < -0.3 is 33.3 Å². The van der Waals surface area contributed by atoms with E-state index >= 15 is 0 Å². The van der Waals surface area contributed by atoms with Gasteiger partial charge in [0.15, 0.2) is 12.4 Å². The first-order chi connectivity index (χ1) is 29.6. The molecule has 0 rings (SSSR count). The Morgan fingerprint density at radius 3 is 1.21 bits per heavy atom. The van der Waals surface area contributed by atoms with Crippen LogP contribution in [-0.2, 0) is 33.3 Å². The lowest BCUT2D eigenvalue weighted by Gasteiger charge is -2.26. The van der Waals surface area contributed by atoms with Gasteiger partial charge in [0.2, 0.25) is 0 Å². The Balaban J connectivity index is 4.31. The molecule has 0 aromatic carbocycles. The van der Waals surface area contributed by atoms with E-state index in [0.717, 1.165) is 44.9 Å². The number of hydrogen-bond donors (Lipinski definition) is 0. The minimum absolute atomic E-state index is 0.150. The molecule has 9 nitrogen and oxygen atoms in total. The maximum absolute atomic E-state index is 12.8. The number of allylic oxidation sites excluding steroid dienone is 2. The summed E-state index contributed by atoms with van der Waals surface area (Å²) in [4.78, 5) is 37.1. The molecule has 0 saturated heterocycles. The molecule has 2 unspecified atom stereocenters. The average Bonchev–Trinajstić information content (AvgIpc) is 3.22. The number of aliphatic carboxylic acids is 1. The number of esters is 2. The molecule has 360 valence electrons. The first-order valence-electron chi connectivity index (χ1n) is 25.8. The first kappa shape index (κ1) is 59.0. The quantitative estimate of drug-likeness (QED) is 0.0195. The van der Waals surface area contributed by atoms with Gasteiger partial charge >= 0.3 is 11.9 Å². The lowest BCUT2D eigenvalue weighted by molar-refractivity contribution is -0.870. The number of hydrogen-bond acceptors (Lipinski definition) is 8. The summed E-state index contributed by atoms with van der Waals surface area (Å²) in [5.74, 6) is -2.27. The summed E-state index contributed by atoms with van der Waals surface area (Å²) in [5, 5.41) is 11.7. The molecule has 0 aliphatic carbocycles. The Morgan fingerprint density at radius 1 is 0.475 bits per heavy atom. The smallest absolute Gasteiger partial charge is 0.306 e. The van der Waals surface area contributed by atoms with Crippen LogP contribution in [0.3, 0.4) is 0 Å². The van der Waals surface area contributed by atoms with Gasteiger partial charge in [-0.15, -0.1) is 0 Å². The van der Waals surface area contributed by atoms with Gasteiger partial charge in [-0.1, -0.05) is 206 Å². The van der Waals surface area contributed by atoms with E-state index in [4.69, 9.17) is 18.9 Å². The van der Waals surface area contributed by atoms with Gasteiger partial charge in [-0.25, -0.2) is 0 Å². The minimum Gasteiger partial charge on any atom is -0.545 e. The third-order valence-corrected chi connectivity index (χ3v) is 11.5. The van der Waals surface area contributed by atoms with Crippen LogP contribution in [0.4, 0.5) is 0 Å². The summed E-state index contributed by atoms with van der Waals surface area (Å²) in [6, 6.07) is 0. The second kappa shape index (κ2) is 44.6. The van der Waals surface area contributed by atoms with E-state index in [9.17, 15) is 19.5 Å². The fourth-order valence-corrected chi connectivity index (χ4v) is 7.47. The van der Waals surface area contributed by atoms with Crippen LogP contribution >= 0.6 is 0 Å². The van der Waals surface area contributed by atoms with E-state index in [1.807, 2.05) is 21.1 Å². The number of carboxylic acids is 1. The maximum Gasteiger partial charge on any atom is 0.306 e. The molecule has 0 heterocycles. The van der Waals surface area contributed by atoms with Crippen LogP contribution in [0, 0.1) is 0 Å². The van der Waals surface area contributed by atoms with E-state index in [-0.39, 0.29) is 32.2 Å². The Labute approximate surface area is 376 Å². The van der Waals surface area contributed by atoms with Crippen molar-refractivity contribution in [1.29, 1.82) is 0 Å². The van der Waals surface area contributed by atoms with Crippen LogP contribution in [-0.4, -0.2) is 82.3 Å². The molecule has 0 fully saturated rings. The molecule has 0 aromatic heterocycles. The van der Waals surface area contributed by atoms with E-state index in [2.05, 4.69) is 26.0 Å². The van der Waals surface area contributed by atoms with Crippen molar-refractivity contribution in [2.75, 3.05) is 47.5 Å². The van der Waals surface area contributed by atoms with Crippen molar-refractivity contribution in [1.82, 2.24) is 0 Å². The van der Waals surface area contributed by atoms with E-state index in [1.54, 1.807) is 0 Å². The third-order valence-electron chi connectivity index (χ3n) is 11.5. The number of carbonyl (C=O) groups excluding carboxylic acids is 3. The predicted octanol–water partition coefficient (Wildman–Crippen LogP) is 12.9. The zero-order valence-corrected chi connectivity index (χ0v) is 40.8. The summed E-state index contributed by atoms with van der Waals surface area (Å²) >= 11 is 0. The third kappa shape index (κ3) is 45.9. The van der Waals surface area contributed by atoms with Crippen molar-refractivity contribution in [3.8, 4) is 0 Å². The molecule has 9 heteroatoms. The largest absolute Gasteiger partial charge is 0.545 e. The Kier molecular flexibility index (Phi) is 43.2. The molecule has 0 aliphatic rings. The van der Waals surface area contributed by atoms with Crippen molar-refractivity contribution in [3.05, 3.63) is 12.2 Å². The highest BCUT2D eigenvalue weighted by molar-refractivity contribution is 5.70. The Morgan fingerprint density at radius 2 is 0.836 bits per heavy atom. The summed E-state index contributed by atoms with van der Waals surface area (Å²) in [6.45, 7) is 4.77. The van der Waals surface area contributed by atoms with Crippen LogP contribution in [0.15, 0.2) is 12.2 Å². The monoisotopic (exact) mass is 866 g/mol. The molecule has 0 spiro atoms. The topological polar surface area (TPSA) is 111 Å². The fraction of sp³-hybridized carbons (Fsp3) is 0.904. The van der Waals surface area contributed by atoms with Crippen molar-refractivity contribution < 1.29 is 42.9 Å². The zero-order chi connectivity index (χ0) is 44.9. The summed E-state index contributed by atoms with van der Waals surface area (Å²) in [5.41, 5.74) is 0. The number of nitrogens with zero attached hydrogens (tertiary/aromatic N) is 1. The molecule has 61 heavy (non-hydrogen) atoms. The SMILES string of the molecule is CCCCCCCC/C=C\CCCCCCCCCC(=O)OC(COC(=O)CCCCCCCCCCCCCCCCCCCCC)COC(OCC[N+](C)(C)C)C(=O)[O-]. The van der Waals surface area contributed by atoms with Crippen LogP contribution < -0.4 is 5.11 Å². The Bertz CT molecular complexity index is 1010. The summed E-state index contributed by atoms with van der Waals surface area (Å²) in [6.07, 6.45) is 45.3. The predicted molar refractivity (Wildman–Crippen MR) is 251 cm³/mol. The van der Waals surface area contributed by atoms with Gasteiger partial charge in [0, 0.05) is 12.8 Å². The lowest BCUT2D eigenvalue weighted by atomic mass is 10.0. The molecule has 0 amide bonds. The molecule has 0 aliphatic heterocycles. The van der Waals surface area contributed by atoms with Crippen LogP contribution in [0.5, 0.6) is 0 Å². The highest BCUT2D eigenvalue weighted by atomic mass is 16.7. The molecule has 0 saturated carbocycles. The molecule has 0 aromatic rings. The Hall–Kier alpha value is -1.97. The minimum atomic E-state index is -1.62. The number of likely N-dealkylation sites (N-methyl/N-ethyl adjacent to an activating group) is 1. The second-order valence-electron chi connectivity index (χ2n) is 18.8. The summed E-state index contributed by atoms with van der Waals surface area (Å²) < 4.78 is 22.6. The van der Waals surface area contributed by atoms with Crippen molar-refractivity contribution >= 4 is 17.9 Å². The van der Waals surface area contributed by atoms with Gasteiger partial charge in [-0.2, -0.15) is 0 Å². The molecule has 0 N–H and O–H groups in total. The molecule has 0 bridgehead atoms. The molecule has 0 radical (unpaired) electrons. The van der Waals surface area contributed by atoms with Crippen LogP contribution in [0.2, 0.25) is 0 Å². The fourth-order valence-electron chi connectivity index (χ4n) is 7.47. The van der Waals surface area contributed by atoms with Gasteiger partial charge in [-0.05, 0) is 38.5 Å². The standard InChI is InChI=1S/C52H99NO8/c1-6-8-10-12-14-16-18-20-22-24-25-27-28-30-32-34-36-38-40-42-49(54)59-46-48(47-60-52(51(56)57)58-45-44-53(3,4)5)61-50(55)43-41-39-37-35-33-31-29-26-23-21-19-17-15-13-11-9-7-2/h21,23,48,52H,6-20,22,24-47H2,1-5H3/b23-21-. The summed E-state index contributed by atoms with van der Waals surface area (Å²) in [7, 11) is 5.92. The number of carbonyl (C=O) groups is 3. The van der Waals surface area contributed by atoms with Gasteiger partial charge in [0.1, 0.15) is 13.2 Å². The molecule has 2 atom stereocenters. The van der Waals surface area contributed by atoms with Crippen molar-refractivity contribution in [3.63, 3.8) is 0 Å². The number of quaternary nitrogens is 1. The van der Waals surface area contributed by atoms with E-state index in [0.29, 0.717) is 23.9 Å². The van der Waals surface area contributed by atoms with Gasteiger partial charge in [0.25, 0.3) is 0 Å². The number of ether oxygens (including phenoxy) is 4. The molecular weight excluding hydrogens is 767 g/mol. The van der Waals surface area contributed by atoms with Crippen molar-refractivity contribution in [2.24, 2.45) is 0 Å². The average molecular weight is 866 g/mol. The van der Waals surface area contributed by atoms with Crippen molar-refractivity contribution in [2.45, 2.75) is 257 Å². The lowest BCUT2D eigenvalue weighted by Crippen LogP contribution is -2.44. The van der Waals surface area contributed by atoms with Crippen LogP contribution in [0.25, 0.3) is 0 Å². The van der Waals surface area contributed by atoms with E-state index < -0.39 is 24.3 Å². The second-order valence-corrected chi connectivity index (χ2v) is 18.8. The maximum atomic E-state index is 12.8. The van der Waals surface area contributed by atoms with Gasteiger partial charge in [-0.3, -0.25) is 9.59 Å². The normalized spacial score (nSPS) is 12.9. The number of rotatable bonds is 48. The first-order valence-corrected chi connectivity index (χ1v) is 25.8. The number of carboxylic acid groups (broad SMARTS) is 1. The van der Waals surface area contributed by atoms with Gasteiger partial charge in [0.05, 0.1) is 40.3 Å². The number of unbranched alkanes of at least 4 members (excludes halogenated alkanes) is 31. The van der Waals surface area contributed by atoms with Crippen LogP contribution in [0.1, 0.15) is 245 Å². The van der Waals surface area contributed by atoms with E-state index in [1.165, 1.54) is 167 Å².